The van der Waals surface area contributed by atoms with Gasteiger partial charge in [-0.05, 0) is 80.8 Å². The van der Waals surface area contributed by atoms with Crippen molar-refractivity contribution in [2.45, 2.75) is 78.7 Å². The second-order valence-electron chi connectivity index (χ2n) is 11.8. The van der Waals surface area contributed by atoms with Gasteiger partial charge in [0.2, 0.25) is 0 Å². The van der Waals surface area contributed by atoms with Crippen molar-refractivity contribution in [1.82, 2.24) is 9.88 Å². The van der Waals surface area contributed by atoms with E-state index in [4.69, 9.17) is 14.5 Å². The Bertz CT molecular complexity index is 1470. The Kier molecular flexibility index (Phi) is 11.2. The third-order valence-corrected chi connectivity index (χ3v) is 10.6. The quantitative estimate of drug-likeness (QED) is 0.153. The van der Waals surface area contributed by atoms with E-state index in [1.165, 1.54) is 11.3 Å². The van der Waals surface area contributed by atoms with E-state index in [9.17, 15) is 9.90 Å². The largest absolute Gasteiger partial charge is 0.488 e. The molecule has 1 unspecified atom stereocenters. The molecule has 1 N–H and O–H groups in total. The number of hydrogen-bond donors (Lipinski definition) is 1. The monoisotopic (exact) mass is 735 g/mol. The van der Waals surface area contributed by atoms with Crippen molar-refractivity contribution >= 4 is 45.0 Å². The number of para-hydroxylation sites is 1. The average Bonchev–Trinajstić information content (AvgIpc) is 3.51. The van der Waals surface area contributed by atoms with Gasteiger partial charge in [-0.1, -0.05) is 41.6 Å². The van der Waals surface area contributed by atoms with Crippen molar-refractivity contribution in [2.24, 2.45) is 5.92 Å². The van der Waals surface area contributed by atoms with Crippen LogP contribution in [0.4, 0.5) is 9.52 Å². The zero-order chi connectivity index (χ0) is 31.4. The number of hydrogen-bond acceptors (Lipinski definition) is 7. The summed E-state index contributed by atoms with van der Waals surface area (Å²) in [4.78, 5) is 21.3. The van der Waals surface area contributed by atoms with Gasteiger partial charge in [0.15, 0.2) is 5.13 Å². The number of aryl methyl sites for hydroxylation is 2. The van der Waals surface area contributed by atoms with Crippen LogP contribution in [-0.2, 0) is 29.1 Å². The predicted octanol–water partition coefficient (Wildman–Crippen LogP) is 7.42. The average molecular weight is 736 g/mol. The van der Waals surface area contributed by atoms with Gasteiger partial charge in [0.1, 0.15) is 18.2 Å². The van der Waals surface area contributed by atoms with E-state index in [-0.39, 0.29) is 18.5 Å². The lowest BCUT2D eigenvalue weighted by Gasteiger charge is -2.36. The molecule has 44 heavy (non-hydrogen) atoms. The summed E-state index contributed by atoms with van der Waals surface area (Å²) in [6.07, 6.45) is 3.13. The van der Waals surface area contributed by atoms with Gasteiger partial charge in [-0.15, -0.1) is 11.3 Å². The lowest BCUT2D eigenvalue weighted by molar-refractivity contribution is -0.148. The number of anilines is 1. The number of ether oxygens (including phenoxy) is 2. The van der Waals surface area contributed by atoms with E-state index in [1.807, 2.05) is 43.5 Å². The number of carboxylic acids is 1. The lowest BCUT2D eigenvalue weighted by Crippen LogP contribution is -2.48. The van der Waals surface area contributed by atoms with Crippen LogP contribution in [0.15, 0.2) is 29.6 Å². The number of rotatable bonds is 12. The van der Waals surface area contributed by atoms with Gasteiger partial charge in [0, 0.05) is 59.8 Å². The number of piperidine rings is 1. The molecule has 2 aliphatic heterocycles. The van der Waals surface area contributed by atoms with Gasteiger partial charge in [-0.3, -0.25) is 9.69 Å². The van der Waals surface area contributed by atoms with Crippen LogP contribution < -0.4 is 9.64 Å². The molecule has 0 spiro atoms. The highest BCUT2D eigenvalue weighted by molar-refractivity contribution is 14.1. The van der Waals surface area contributed by atoms with Crippen molar-refractivity contribution in [3.8, 4) is 17.0 Å². The molecule has 1 aromatic heterocycles. The fourth-order valence-electron chi connectivity index (χ4n) is 6.67. The Labute approximate surface area is 277 Å². The molecule has 7 nitrogen and oxygen atoms in total. The van der Waals surface area contributed by atoms with E-state index in [1.54, 1.807) is 0 Å². The summed E-state index contributed by atoms with van der Waals surface area (Å²) in [6, 6.07) is 8.48. The number of aromatic nitrogens is 1. The minimum absolute atomic E-state index is 0.133. The first-order chi connectivity index (χ1) is 21.2. The van der Waals surface area contributed by atoms with Crippen molar-refractivity contribution in [3.05, 3.63) is 63.3 Å². The lowest BCUT2D eigenvalue weighted by atomic mass is 9.91. The van der Waals surface area contributed by atoms with Crippen molar-refractivity contribution < 1.29 is 23.8 Å². The molecule has 3 aromatic rings. The fourth-order valence-corrected chi connectivity index (χ4v) is 8.25. The molecule has 1 saturated heterocycles. The first-order valence-corrected chi connectivity index (χ1v) is 18.0. The number of carbonyl (C=O) groups is 1. The second kappa shape index (κ2) is 14.9. The standard InChI is InChI=1S/C34H43FIN3O4S/c1-5-24(10-13-36)38-14-11-25-28(17-38)22(4)16-23(31(25)35)19-43-32-21(3)8-7-9-26(32)29-20-44-34(37-29)39-15-12-27(33(40)41)30(18-39)42-6-2/h7-9,16,20,24,27,30H,5-6,10-15,17-19H2,1-4H3,(H,40,41)/t24?,27-,30+/m0/s1. The van der Waals surface area contributed by atoms with Crippen LogP contribution in [0.1, 0.15) is 60.9 Å². The Morgan fingerprint density at radius 3 is 2.77 bits per heavy atom. The number of carboxylic acid groups (broad SMARTS) is 1. The van der Waals surface area contributed by atoms with E-state index in [0.29, 0.717) is 43.5 Å². The molecule has 0 aliphatic carbocycles. The molecule has 5 rings (SSSR count). The number of nitrogens with zero attached hydrogens (tertiary/aromatic N) is 3. The first kappa shape index (κ1) is 33.1. The zero-order valence-electron chi connectivity index (χ0n) is 26.1. The van der Waals surface area contributed by atoms with Gasteiger partial charge in [0.05, 0.1) is 17.7 Å². The van der Waals surface area contributed by atoms with Crippen molar-refractivity contribution in [2.75, 3.05) is 35.6 Å². The maximum Gasteiger partial charge on any atom is 0.309 e. The molecular weight excluding hydrogens is 692 g/mol. The van der Waals surface area contributed by atoms with E-state index < -0.39 is 11.9 Å². The molecule has 0 saturated carbocycles. The third-order valence-electron chi connectivity index (χ3n) is 9.10. The van der Waals surface area contributed by atoms with Crippen LogP contribution in [-0.4, -0.2) is 63.8 Å². The van der Waals surface area contributed by atoms with Crippen molar-refractivity contribution in [1.29, 1.82) is 0 Å². The van der Waals surface area contributed by atoms with Crippen LogP contribution in [0, 0.1) is 25.6 Å². The molecule has 3 heterocycles. The van der Waals surface area contributed by atoms with E-state index in [2.05, 4.69) is 46.2 Å². The van der Waals surface area contributed by atoms with Crippen molar-refractivity contribution in [3.63, 3.8) is 0 Å². The highest BCUT2D eigenvalue weighted by Crippen LogP contribution is 2.38. The smallest absolute Gasteiger partial charge is 0.309 e. The highest BCUT2D eigenvalue weighted by Gasteiger charge is 2.36. The summed E-state index contributed by atoms with van der Waals surface area (Å²) >= 11 is 3.98. The Morgan fingerprint density at radius 2 is 2.05 bits per heavy atom. The zero-order valence-corrected chi connectivity index (χ0v) is 29.0. The highest BCUT2D eigenvalue weighted by atomic mass is 127. The molecule has 2 aliphatic rings. The van der Waals surface area contributed by atoms with Gasteiger partial charge in [-0.2, -0.15) is 0 Å². The normalized spacial score (nSPS) is 19.5. The van der Waals surface area contributed by atoms with Crippen LogP contribution >= 0.6 is 33.9 Å². The summed E-state index contributed by atoms with van der Waals surface area (Å²) in [7, 11) is 0. The number of thiazole rings is 1. The number of alkyl halides is 1. The maximum absolute atomic E-state index is 15.9. The molecule has 0 amide bonds. The van der Waals surface area contributed by atoms with Gasteiger partial charge in [0.25, 0.3) is 0 Å². The summed E-state index contributed by atoms with van der Waals surface area (Å²) in [5, 5.41) is 12.5. The Hall–Kier alpha value is -2.28. The van der Waals surface area contributed by atoms with Crippen LogP contribution in [0.2, 0.25) is 0 Å². The van der Waals surface area contributed by atoms with Gasteiger partial charge >= 0.3 is 5.97 Å². The van der Waals surface area contributed by atoms with Gasteiger partial charge < -0.3 is 19.5 Å². The maximum atomic E-state index is 15.9. The Morgan fingerprint density at radius 1 is 1.23 bits per heavy atom. The molecule has 1 fully saturated rings. The fraction of sp³-hybridized carbons (Fsp3) is 0.529. The van der Waals surface area contributed by atoms with Crippen LogP contribution in [0.5, 0.6) is 5.75 Å². The summed E-state index contributed by atoms with van der Waals surface area (Å²) in [5.41, 5.74) is 6.30. The van der Waals surface area contributed by atoms with E-state index >= 15 is 4.39 Å². The third kappa shape index (κ3) is 7.08. The summed E-state index contributed by atoms with van der Waals surface area (Å²) < 4.78 is 29.3. The summed E-state index contributed by atoms with van der Waals surface area (Å²) in [5.74, 6) is -0.754. The number of fused-ring (bicyclic) bond motifs is 1. The van der Waals surface area contributed by atoms with Crippen LogP contribution in [0.25, 0.3) is 11.3 Å². The number of benzene rings is 2. The van der Waals surface area contributed by atoms with Gasteiger partial charge in [-0.25, -0.2) is 9.37 Å². The molecule has 0 radical (unpaired) electrons. The molecule has 3 atom stereocenters. The molecule has 0 bridgehead atoms. The minimum atomic E-state index is -0.811. The number of halogens is 2. The topological polar surface area (TPSA) is 75.1 Å². The molecule has 10 heteroatoms. The molecule has 238 valence electrons. The minimum Gasteiger partial charge on any atom is -0.488 e. The second-order valence-corrected chi connectivity index (χ2v) is 13.7. The summed E-state index contributed by atoms with van der Waals surface area (Å²) in [6.45, 7) is 11.6. The molecule has 2 aromatic carbocycles. The first-order valence-electron chi connectivity index (χ1n) is 15.6. The number of aliphatic carboxylic acids is 1. The van der Waals surface area contributed by atoms with E-state index in [0.717, 1.165) is 75.4 Å². The molecular formula is C34H43FIN3O4S. The predicted molar refractivity (Wildman–Crippen MR) is 183 cm³/mol. The van der Waals surface area contributed by atoms with Crippen LogP contribution in [0.3, 0.4) is 0 Å². The Balaban J connectivity index is 1.33. The SMILES string of the molecule is CCO[C@@H]1CN(c2nc(-c3cccc(C)c3OCc3cc(C)c4c(c3F)CCN(C(CC)CCI)C4)cs2)CC[C@@H]1C(=O)O.